The minimum atomic E-state index is -0.0675. The zero-order chi connectivity index (χ0) is 19.7. The zero-order valence-corrected chi connectivity index (χ0v) is 17.1. The normalized spacial score (nSPS) is 11.0. The number of ether oxygens (including phenoxy) is 1. The molecule has 1 aromatic carbocycles. The summed E-state index contributed by atoms with van der Waals surface area (Å²) in [6.07, 6.45) is 18.4. The van der Waals surface area contributed by atoms with Crippen molar-refractivity contribution in [3.05, 3.63) is 36.0 Å². The van der Waals surface area contributed by atoms with Gasteiger partial charge in [0.15, 0.2) is 11.5 Å². The average Bonchev–Trinajstić information content (AvgIpc) is 2.67. The van der Waals surface area contributed by atoms with Crippen molar-refractivity contribution in [2.75, 3.05) is 7.11 Å². The van der Waals surface area contributed by atoms with Crippen molar-refractivity contribution in [3.8, 4) is 11.5 Å². The Morgan fingerprint density at radius 2 is 1.67 bits per heavy atom. The fraction of sp³-hybridized carbons (Fsp3) is 0.609. The van der Waals surface area contributed by atoms with Crippen LogP contribution in [0.4, 0.5) is 0 Å². The Bertz CT molecular complexity index is 555. The molecule has 0 bridgehead atoms. The van der Waals surface area contributed by atoms with Crippen LogP contribution in [0.1, 0.15) is 83.1 Å². The largest absolute Gasteiger partial charge is 0.504 e. The molecule has 0 aliphatic heterocycles. The summed E-state index contributed by atoms with van der Waals surface area (Å²) in [4.78, 5) is 11.9. The van der Waals surface area contributed by atoms with Crippen molar-refractivity contribution in [2.45, 2.75) is 84.0 Å². The van der Waals surface area contributed by atoms with Crippen LogP contribution in [0.2, 0.25) is 0 Å². The van der Waals surface area contributed by atoms with E-state index < -0.39 is 0 Å². The topological polar surface area (TPSA) is 58.6 Å². The van der Waals surface area contributed by atoms with Crippen molar-refractivity contribution in [2.24, 2.45) is 0 Å². The number of methoxy groups -OCH3 is 1. The van der Waals surface area contributed by atoms with Crippen LogP contribution in [0.25, 0.3) is 0 Å². The van der Waals surface area contributed by atoms with Gasteiger partial charge in [-0.1, -0.05) is 76.9 Å². The lowest BCUT2D eigenvalue weighted by Gasteiger charge is -2.06. The number of carbonyl (C=O) groups is 1. The first-order valence-electron chi connectivity index (χ1n) is 10.5. The summed E-state index contributed by atoms with van der Waals surface area (Å²) in [5.74, 6) is 0.400. The van der Waals surface area contributed by atoms with Gasteiger partial charge in [-0.15, -0.1) is 0 Å². The second-order valence-corrected chi connectivity index (χ2v) is 7.12. The van der Waals surface area contributed by atoms with Crippen LogP contribution in [0, 0.1) is 0 Å². The monoisotopic (exact) mass is 375 g/mol. The third-order valence-electron chi connectivity index (χ3n) is 4.70. The number of rotatable bonds is 15. The Labute approximate surface area is 165 Å². The first-order chi connectivity index (χ1) is 13.2. The maximum Gasteiger partial charge on any atom is 0.228 e. The van der Waals surface area contributed by atoms with Crippen molar-refractivity contribution >= 4 is 5.91 Å². The lowest BCUT2D eigenvalue weighted by atomic mass is 10.1. The van der Waals surface area contributed by atoms with E-state index in [1.54, 1.807) is 24.4 Å². The smallest absolute Gasteiger partial charge is 0.228 e. The van der Waals surface area contributed by atoms with Crippen LogP contribution in [0.5, 0.6) is 11.5 Å². The number of phenols is 1. The molecular weight excluding hydrogens is 338 g/mol. The van der Waals surface area contributed by atoms with E-state index in [4.69, 9.17) is 4.74 Å². The Hall–Kier alpha value is -1.97. The van der Waals surface area contributed by atoms with E-state index in [2.05, 4.69) is 12.2 Å². The average molecular weight is 376 g/mol. The molecule has 0 heterocycles. The van der Waals surface area contributed by atoms with Gasteiger partial charge in [0.05, 0.1) is 13.5 Å². The number of phenolic OH excluding ortho intramolecular Hbond substituents is 1. The number of carbonyl (C=O) groups excluding carboxylic acids is 1. The van der Waals surface area contributed by atoms with Crippen LogP contribution in [-0.2, 0) is 11.2 Å². The second kappa shape index (κ2) is 15.1. The molecule has 0 spiro atoms. The molecule has 152 valence electrons. The molecule has 1 aromatic rings. The number of aromatic hydroxyl groups is 1. The first kappa shape index (κ1) is 23.1. The third kappa shape index (κ3) is 11.4. The quantitative estimate of drug-likeness (QED) is 0.376. The molecule has 0 saturated heterocycles. The molecule has 0 unspecified atom stereocenters. The highest BCUT2D eigenvalue weighted by Crippen LogP contribution is 2.26. The van der Waals surface area contributed by atoms with Crippen molar-refractivity contribution < 1.29 is 14.6 Å². The van der Waals surface area contributed by atoms with Gasteiger partial charge in [0.1, 0.15) is 0 Å². The molecule has 1 rings (SSSR count). The molecule has 0 saturated carbocycles. The van der Waals surface area contributed by atoms with E-state index in [9.17, 15) is 9.90 Å². The Kier molecular flexibility index (Phi) is 12.9. The predicted octanol–water partition coefficient (Wildman–Crippen LogP) is 5.88. The summed E-state index contributed by atoms with van der Waals surface area (Å²) in [6, 6.07) is 4.95. The van der Waals surface area contributed by atoms with E-state index in [0.717, 1.165) is 12.0 Å². The van der Waals surface area contributed by atoms with Gasteiger partial charge >= 0.3 is 0 Å². The lowest BCUT2D eigenvalue weighted by Crippen LogP contribution is -2.19. The minimum absolute atomic E-state index is 0.0675. The highest BCUT2D eigenvalue weighted by atomic mass is 16.5. The molecule has 0 fully saturated rings. The van der Waals surface area contributed by atoms with Crippen LogP contribution >= 0.6 is 0 Å². The van der Waals surface area contributed by atoms with Gasteiger partial charge in [-0.2, -0.15) is 0 Å². The van der Waals surface area contributed by atoms with Crippen LogP contribution in [0.3, 0.4) is 0 Å². The number of allylic oxidation sites excluding steroid dienone is 1. The Morgan fingerprint density at radius 1 is 1.04 bits per heavy atom. The molecule has 0 aliphatic rings. The summed E-state index contributed by atoms with van der Waals surface area (Å²) in [5.41, 5.74) is 0.810. The van der Waals surface area contributed by atoms with Crippen molar-refractivity contribution in [1.29, 1.82) is 0 Å². The second-order valence-electron chi connectivity index (χ2n) is 7.12. The maximum absolute atomic E-state index is 11.9. The third-order valence-corrected chi connectivity index (χ3v) is 4.70. The van der Waals surface area contributed by atoms with Gasteiger partial charge in [0.2, 0.25) is 5.91 Å². The van der Waals surface area contributed by atoms with Gasteiger partial charge < -0.3 is 15.2 Å². The summed E-state index contributed by atoms with van der Waals surface area (Å²) in [7, 11) is 1.50. The fourth-order valence-corrected chi connectivity index (χ4v) is 3.05. The zero-order valence-electron chi connectivity index (χ0n) is 17.1. The van der Waals surface area contributed by atoms with Crippen LogP contribution in [-0.4, -0.2) is 18.1 Å². The van der Waals surface area contributed by atoms with E-state index in [0.29, 0.717) is 5.75 Å². The molecule has 1 amide bonds. The van der Waals surface area contributed by atoms with Crippen molar-refractivity contribution in [3.63, 3.8) is 0 Å². The van der Waals surface area contributed by atoms with Crippen LogP contribution in [0.15, 0.2) is 30.5 Å². The van der Waals surface area contributed by atoms with Gasteiger partial charge in [-0.05, 0) is 36.7 Å². The molecule has 0 radical (unpaired) electrons. The standard InChI is InChI=1S/C23H37NO3/c1-3-4-5-6-7-8-9-10-11-12-13-14-17-24-23(26)19-20-15-16-21(25)22(18-20)27-2/h14-18,25H,3-13,19H2,1-2H3,(H,24,26)/b17-14+. The van der Waals surface area contributed by atoms with Crippen LogP contribution < -0.4 is 10.1 Å². The van der Waals surface area contributed by atoms with E-state index in [1.165, 1.54) is 71.3 Å². The molecule has 2 N–H and O–H groups in total. The van der Waals surface area contributed by atoms with E-state index >= 15 is 0 Å². The van der Waals surface area contributed by atoms with Gasteiger partial charge in [-0.25, -0.2) is 0 Å². The highest BCUT2D eigenvalue weighted by molar-refractivity contribution is 5.79. The molecular formula is C23H37NO3. The Balaban J connectivity index is 2.03. The van der Waals surface area contributed by atoms with Crippen molar-refractivity contribution in [1.82, 2.24) is 5.32 Å². The summed E-state index contributed by atoms with van der Waals surface area (Å²) >= 11 is 0. The fourth-order valence-electron chi connectivity index (χ4n) is 3.05. The number of amides is 1. The minimum Gasteiger partial charge on any atom is -0.504 e. The first-order valence-corrected chi connectivity index (χ1v) is 10.5. The lowest BCUT2D eigenvalue weighted by molar-refractivity contribution is -0.119. The number of hydrogen-bond acceptors (Lipinski definition) is 3. The maximum atomic E-state index is 11.9. The SMILES string of the molecule is CCCCCCCCCCCC/C=C/NC(=O)Cc1ccc(O)c(OC)c1. The molecule has 0 aromatic heterocycles. The molecule has 0 atom stereocenters. The number of unbranched alkanes of at least 4 members (excludes halogenated alkanes) is 10. The van der Waals surface area contributed by atoms with Gasteiger partial charge in [0, 0.05) is 0 Å². The molecule has 4 nitrogen and oxygen atoms in total. The van der Waals surface area contributed by atoms with Gasteiger partial charge in [0.25, 0.3) is 0 Å². The Morgan fingerprint density at radius 3 is 2.30 bits per heavy atom. The summed E-state index contributed by atoms with van der Waals surface area (Å²) in [5, 5.41) is 12.4. The number of hydrogen-bond donors (Lipinski definition) is 2. The molecule has 4 heteroatoms. The summed E-state index contributed by atoms with van der Waals surface area (Å²) < 4.78 is 5.05. The summed E-state index contributed by atoms with van der Waals surface area (Å²) in [6.45, 7) is 2.26. The van der Waals surface area contributed by atoms with E-state index in [-0.39, 0.29) is 18.1 Å². The highest BCUT2D eigenvalue weighted by Gasteiger charge is 2.06. The van der Waals surface area contributed by atoms with E-state index in [1.807, 2.05) is 6.08 Å². The molecule has 0 aliphatic carbocycles. The van der Waals surface area contributed by atoms with Gasteiger partial charge in [-0.3, -0.25) is 4.79 Å². The number of benzene rings is 1. The molecule has 27 heavy (non-hydrogen) atoms. The number of nitrogens with one attached hydrogen (secondary N) is 1. The predicted molar refractivity (Wildman–Crippen MR) is 112 cm³/mol.